The molecular formula is C17H29N3O2. The van der Waals surface area contributed by atoms with Gasteiger partial charge in [0.05, 0.1) is 29.1 Å². The number of ether oxygens (including phenoxy) is 1. The minimum absolute atomic E-state index is 0.0363. The van der Waals surface area contributed by atoms with Crippen LogP contribution in [-0.2, 0) is 11.2 Å². The number of nitrogens with one attached hydrogen (secondary N) is 1. The Morgan fingerprint density at radius 2 is 2.18 bits per heavy atom. The van der Waals surface area contributed by atoms with Gasteiger partial charge in [-0.2, -0.15) is 5.10 Å². The Morgan fingerprint density at radius 3 is 2.73 bits per heavy atom. The second-order valence-electron chi connectivity index (χ2n) is 6.36. The second-order valence-corrected chi connectivity index (χ2v) is 6.36. The molecule has 1 aliphatic rings. The van der Waals surface area contributed by atoms with Crippen LogP contribution in [-0.4, -0.2) is 34.4 Å². The van der Waals surface area contributed by atoms with E-state index in [1.54, 1.807) is 6.20 Å². The Balaban J connectivity index is 2.09. The summed E-state index contributed by atoms with van der Waals surface area (Å²) in [4.78, 5) is 12.5. The lowest BCUT2D eigenvalue weighted by Crippen LogP contribution is -2.40. The molecule has 1 saturated heterocycles. The predicted molar refractivity (Wildman–Crippen MR) is 87.1 cm³/mol. The average Bonchev–Trinajstić information content (AvgIpc) is 3.13. The van der Waals surface area contributed by atoms with Gasteiger partial charge in [0, 0.05) is 13.2 Å². The molecule has 1 unspecified atom stereocenters. The maximum absolute atomic E-state index is 12.5. The molecule has 2 heterocycles. The quantitative estimate of drug-likeness (QED) is 0.842. The predicted octanol–water partition coefficient (Wildman–Crippen LogP) is 3.11. The van der Waals surface area contributed by atoms with Gasteiger partial charge >= 0.3 is 0 Å². The molecule has 0 spiro atoms. The van der Waals surface area contributed by atoms with Crippen molar-refractivity contribution in [3.05, 3.63) is 17.5 Å². The van der Waals surface area contributed by atoms with Gasteiger partial charge in [0.1, 0.15) is 0 Å². The molecule has 1 atom stereocenters. The Labute approximate surface area is 133 Å². The third kappa shape index (κ3) is 3.51. The van der Waals surface area contributed by atoms with E-state index in [1.807, 2.05) is 4.68 Å². The number of hydrogen-bond donors (Lipinski definition) is 1. The smallest absolute Gasteiger partial charge is 0.254 e. The van der Waals surface area contributed by atoms with Gasteiger partial charge in [-0.15, -0.1) is 0 Å². The summed E-state index contributed by atoms with van der Waals surface area (Å²) in [5, 5.41) is 7.50. The normalized spacial score (nSPS) is 21.5. The van der Waals surface area contributed by atoms with E-state index in [-0.39, 0.29) is 11.5 Å². The van der Waals surface area contributed by atoms with Crippen LogP contribution >= 0.6 is 0 Å². The van der Waals surface area contributed by atoms with Gasteiger partial charge < -0.3 is 10.1 Å². The number of carbonyl (C=O) groups excluding carboxylic acids is 1. The Kier molecular flexibility index (Phi) is 5.62. The Hall–Kier alpha value is -1.36. The van der Waals surface area contributed by atoms with E-state index in [0.29, 0.717) is 18.2 Å². The van der Waals surface area contributed by atoms with Crippen LogP contribution < -0.4 is 5.32 Å². The summed E-state index contributed by atoms with van der Waals surface area (Å²) in [6.07, 6.45) is 6.65. The van der Waals surface area contributed by atoms with Crippen LogP contribution in [0.4, 0.5) is 0 Å². The van der Waals surface area contributed by atoms with Crippen molar-refractivity contribution in [2.75, 3.05) is 13.2 Å². The highest BCUT2D eigenvalue weighted by Crippen LogP contribution is 2.24. The molecule has 0 aromatic carbocycles. The lowest BCUT2D eigenvalue weighted by Gasteiger charge is -2.23. The van der Waals surface area contributed by atoms with E-state index >= 15 is 0 Å². The SMILES string of the molecule is CCc1c(C(=O)NCC2(C)CCCO2)cnn1C(CC)CC. The van der Waals surface area contributed by atoms with Gasteiger partial charge in [-0.25, -0.2) is 0 Å². The van der Waals surface area contributed by atoms with Crippen LogP contribution in [0.15, 0.2) is 6.20 Å². The zero-order valence-electron chi connectivity index (χ0n) is 14.3. The highest BCUT2D eigenvalue weighted by Gasteiger charge is 2.30. The molecule has 1 N–H and O–H groups in total. The van der Waals surface area contributed by atoms with E-state index in [0.717, 1.165) is 44.4 Å². The van der Waals surface area contributed by atoms with Crippen molar-refractivity contribution in [1.82, 2.24) is 15.1 Å². The van der Waals surface area contributed by atoms with Crippen LogP contribution in [0.3, 0.4) is 0 Å². The van der Waals surface area contributed by atoms with Gasteiger partial charge in [0.2, 0.25) is 0 Å². The first-order valence-corrected chi connectivity index (χ1v) is 8.53. The van der Waals surface area contributed by atoms with Crippen molar-refractivity contribution in [2.24, 2.45) is 0 Å². The van der Waals surface area contributed by atoms with Gasteiger partial charge in [0.25, 0.3) is 5.91 Å². The molecule has 5 nitrogen and oxygen atoms in total. The average molecular weight is 307 g/mol. The molecule has 1 aromatic heterocycles. The number of nitrogens with zero attached hydrogens (tertiary/aromatic N) is 2. The standard InChI is InChI=1S/C17H29N3O2/c1-5-13(6-2)20-15(7-3)14(11-19-20)16(21)18-12-17(4)9-8-10-22-17/h11,13H,5-10,12H2,1-4H3,(H,18,21). The maximum atomic E-state index is 12.5. The number of amides is 1. The zero-order valence-corrected chi connectivity index (χ0v) is 14.3. The van der Waals surface area contributed by atoms with Crippen LogP contribution in [0.25, 0.3) is 0 Å². The molecule has 0 bridgehead atoms. The second kappa shape index (κ2) is 7.27. The monoisotopic (exact) mass is 307 g/mol. The van der Waals surface area contributed by atoms with E-state index in [9.17, 15) is 4.79 Å². The van der Waals surface area contributed by atoms with E-state index < -0.39 is 0 Å². The number of rotatable bonds is 7. The highest BCUT2D eigenvalue weighted by molar-refractivity contribution is 5.95. The highest BCUT2D eigenvalue weighted by atomic mass is 16.5. The number of carbonyl (C=O) groups is 1. The van der Waals surface area contributed by atoms with E-state index in [2.05, 4.69) is 38.1 Å². The van der Waals surface area contributed by atoms with Gasteiger partial charge in [-0.3, -0.25) is 9.48 Å². The molecule has 0 saturated carbocycles. The lowest BCUT2D eigenvalue weighted by atomic mass is 10.0. The van der Waals surface area contributed by atoms with Crippen molar-refractivity contribution in [3.8, 4) is 0 Å². The molecule has 2 rings (SSSR count). The van der Waals surface area contributed by atoms with Gasteiger partial charge in [-0.05, 0) is 39.0 Å². The van der Waals surface area contributed by atoms with Crippen LogP contribution in [0.1, 0.15) is 75.5 Å². The summed E-state index contributed by atoms with van der Waals surface area (Å²) >= 11 is 0. The van der Waals surface area contributed by atoms with Crippen LogP contribution in [0.2, 0.25) is 0 Å². The molecule has 1 fully saturated rings. The topological polar surface area (TPSA) is 56.1 Å². The first-order valence-electron chi connectivity index (χ1n) is 8.53. The van der Waals surface area contributed by atoms with Crippen LogP contribution in [0.5, 0.6) is 0 Å². The fourth-order valence-corrected chi connectivity index (χ4v) is 3.22. The summed E-state index contributed by atoms with van der Waals surface area (Å²) < 4.78 is 7.76. The van der Waals surface area contributed by atoms with E-state index in [1.165, 1.54) is 0 Å². The maximum Gasteiger partial charge on any atom is 0.254 e. The number of hydrogen-bond acceptors (Lipinski definition) is 3. The molecule has 1 aromatic rings. The summed E-state index contributed by atoms with van der Waals surface area (Å²) in [5.41, 5.74) is 1.52. The fraction of sp³-hybridized carbons (Fsp3) is 0.765. The molecule has 0 aliphatic carbocycles. The summed E-state index contributed by atoms with van der Waals surface area (Å²) in [7, 11) is 0. The zero-order chi connectivity index (χ0) is 16.2. The fourth-order valence-electron chi connectivity index (χ4n) is 3.22. The molecule has 0 radical (unpaired) electrons. The minimum atomic E-state index is -0.215. The first kappa shape index (κ1) is 17.0. The lowest BCUT2D eigenvalue weighted by molar-refractivity contribution is 0.0206. The first-order chi connectivity index (χ1) is 10.5. The Morgan fingerprint density at radius 1 is 1.45 bits per heavy atom. The Bertz CT molecular complexity index is 500. The van der Waals surface area contributed by atoms with Crippen molar-refractivity contribution in [2.45, 2.75) is 71.4 Å². The summed E-state index contributed by atoms with van der Waals surface area (Å²) in [6.45, 7) is 9.81. The van der Waals surface area contributed by atoms with Gasteiger partial charge in [0.15, 0.2) is 0 Å². The van der Waals surface area contributed by atoms with Gasteiger partial charge in [-0.1, -0.05) is 20.8 Å². The minimum Gasteiger partial charge on any atom is -0.373 e. The third-order valence-electron chi connectivity index (χ3n) is 4.69. The largest absolute Gasteiger partial charge is 0.373 e. The number of aromatic nitrogens is 2. The summed E-state index contributed by atoms with van der Waals surface area (Å²) in [5.74, 6) is -0.0363. The molecule has 22 heavy (non-hydrogen) atoms. The third-order valence-corrected chi connectivity index (χ3v) is 4.69. The molecule has 1 aliphatic heterocycles. The van der Waals surface area contributed by atoms with Crippen molar-refractivity contribution in [1.29, 1.82) is 0 Å². The van der Waals surface area contributed by atoms with Crippen molar-refractivity contribution in [3.63, 3.8) is 0 Å². The molecular weight excluding hydrogens is 278 g/mol. The van der Waals surface area contributed by atoms with E-state index in [4.69, 9.17) is 4.74 Å². The van der Waals surface area contributed by atoms with Crippen molar-refractivity contribution < 1.29 is 9.53 Å². The van der Waals surface area contributed by atoms with Crippen LogP contribution in [0, 0.1) is 0 Å². The molecule has 5 heteroatoms. The summed E-state index contributed by atoms with van der Waals surface area (Å²) in [6, 6.07) is 0.368. The molecule has 124 valence electrons. The molecule has 1 amide bonds. The van der Waals surface area contributed by atoms with Crippen molar-refractivity contribution >= 4 is 5.91 Å².